The van der Waals surface area contributed by atoms with Crippen LogP contribution in [0.4, 0.5) is 0 Å². The summed E-state index contributed by atoms with van der Waals surface area (Å²) >= 11 is 0. The molecule has 0 bridgehead atoms. The second-order valence-corrected chi connectivity index (χ2v) is 1.37. The molecule has 0 aromatic carbocycles. The lowest BCUT2D eigenvalue weighted by Crippen LogP contribution is -2.18. The minimum atomic E-state index is -1.16. The average Bonchev–Trinajstić information content (AvgIpc) is 1.61. The van der Waals surface area contributed by atoms with Crippen molar-refractivity contribution < 1.29 is 10.0 Å². The minimum absolute atomic E-state index is 0.399. The van der Waals surface area contributed by atoms with Gasteiger partial charge < -0.3 is 15.4 Å². The van der Waals surface area contributed by atoms with Crippen LogP contribution in [0.3, 0.4) is 0 Å². The summed E-state index contributed by atoms with van der Waals surface area (Å²) in [7, 11) is 0.606. The van der Waals surface area contributed by atoms with Crippen LogP contribution in [0.25, 0.3) is 0 Å². The molecule has 4 heteroatoms. The average molecular weight is 103 g/mol. The van der Waals surface area contributed by atoms with E-state index in [-0.39, 0.29) is 0 Å². The van der Waals surface area contributed by atoms with Crippen molar-refractivity contribution in [1.29, 1.82) is 0 Å². The molecule has 3 N–H and O–H groups in total. The molecule has 3 nitrogen and oxygen atoms in total. The summed E-state index contributed by atoms with van der Waals surface area (Å²) in [5.74, 6) is 0. The maximum Gasteiger partial charge on any atom is 0.452 e. The Bertz CT molecular complexity index is 41.9. The zero-order valence-corrected chi connectivity index (χ0v) is 4.39. The lowest BCUT2D eigenvalue weighted by atomic mass is 9.87. The van der Waals surface area contributed by atoms with Crippen molar-refractivity contribution in [3.63, 3.8) is 0 Å². The summed E-state index contributed by atoms with van der Waals surface area (Å²) in [6.45, 7) is 0.650. The van der Waals surface area contributed by atoms with Gasteiger partial charge >= 0.3 is 7.12 Å². The van der Waals surface area contributed by atoms with Crippen molar-refractivity contribution in [2.75, 3.05) is 13.6 Å². The first-order chi connectivity index (χ1) is 3.27. The second kappa shape index (κ2) is 4.11. The van der Waals surface area contributed by atoms with E-state index in [0.29, 0.717) is 12.9 Å². The van der Waals surface area contributed by atoms with E-state index in [1.165, 1.54) is 0 Å². The molecule has 0 aromatic rings. The first kappa shape index (κ1) is 6.94. The van der Waals surface area contributed by atoms with Gasteiger partial charge in [-0.1, -0.05) is 0 Å². The van der Waals surface area contributed by atoms with Gasteiger partial charge in [-0.05, 0) is 19.9 Å². The van der Waals surface area contributed by atoms with E-state index in [0.717, 1.165) is 0 Å². The van der Waals surface area contributed by atoms with E-state index in [1.807, 2.05) is 0 Å². The number of hydrogen-bond acceptors (Lipinski definition) is 3. The highest BCUT2D eigenvalue weighted by atomic mass is 16.4. The van der Waals surface area contributed by atoms with Crippen molar-refractivity contribution in [3.05, 3.63) is 0 Å². The molecule has 0 saturated carbocycles. The highest BCUT2D eigenvalue weighted by Gasteiger charge is 2.02. The van der Waals surface area contributed by atoms with Gasteiger partial charge in [0.15, 0.2) is 0 Å². The fraction of sp³-hybridized carbons (Fsp3) is 1.00. The van der Waals surface area contributed by atoms with Crippen LogP contribution < -0.4 is 5.32 Å². The molecule has 0 amide bonds. The van der Waals surface area contributed by atoms with Gasteiger partial charge in [-0.15, -0.1) is 0 Å². The molecule has 0 unspecified atom stereocenters. The highest BCUT2D eigenvalue weighted by molar-refractivity contribution is 6.41. The van der Waals surface area contributed by atoms with Crippen molar-refractivity contribution >= 4 is 7.12 Å². The Morgan fingerprint density at radius 3 is 2.29 bits per heavy atom. The first-order valence-corrected chi connectivity index (χ1v) is 2.28. The smallest absolute Gasteiger partial charge is 0.427 e. The number of hydrogen-bond donors (Lipinski definition) is 3. The van der Waals surface area contributed by atoms with E-state index in [1.54, 1.807) is 7.05 Å². The fourth-order valence-corrected chi connectivity index (χ4v) is 0.273. The monoisotopic (exact) mass is 103 g/mol. The molecule has 7 heavy (non-hydrogen) atoms. The Morgan fingerprint density at radius 1 is 1.57 bits per heavy atom. The highest BCUT2D eigenvalue weighted by Crippen LogP contribution is 1.76. The molecular formula is C3H10BNO2. The predicted molar refractivity (Wildman–Crippen MR) is 28.9 cm³/mol. The zero-order valence-electron chi connectivity index (χ0n) is 4.39. The van der Waals surface area contributed by atoms with E-state index in [2.05, 4.69) is 5.32 Å². The van der Waals surface area contributed by atoms with E-state index < -0.39 is 7.12 Å². The Morgan fingerprint density at radius 2 is 2.14 bits per heavy atom. The Kier molecular flexibility index (Phi) is 4.08. The molecule has 0 heterocycles. The molecule has 0 aromatic heterocycles. The van der Waals surface area contributed by atoms with Gasteiger partial charge in [0.1, 0.15) is 0 Å². The standard InChI is InChI=1S/C3H10BNO2/c1-5-3-2-4(6)7/h5-7H,2-3H2,1H3. The summed E-state index contributed by atoms with van der Waals surface area (Å²) in [6, 6.07) is 0. The molecule has 0 fully saturated rings. The molecule has 0 saturated heterocycles. The summed E-state index contributed by atoms with van der Waals surface area (Å²) in [4.78, 5) is 0. The van der Waals surface area contributed by atoms with Crippen LogP contribution in [0.15, 0.2) is 0 Å². The van der Waals surface area contributed by atoms with Crippen molar-refractivity contribution in [1.82, 2.24) is 5.32 Å². The van der Waals surface area contributed by atoms with Crippen LogP contribution in [0, 0.1) is 0 Å². The van der Waals surface area contributed by atoms with Gasteiger partial charge in [0.2, 0.25) is 0 Å². The van der Waals surface area contributed by atoms with Crippen molar-refractivity contribution in [2.45, 2.75) is 6.32 Å². The summed E-state index contributed by atoms with van der Waals surface area (Å²) in [6.07, 6.45) is 0.399. The molecule has 0 aliphatic rings. The van der Waals surface area contributed by atoms with Crippen LogP contribution in [-0.2, 0) is 0 Å². The summed E-state index contributed by atoms with van der Waals surface area (Å²) in [5.41, 5.74) is 0. The number of nitrogens with one attached hydrogen (secondary N) is 1. The van der Waals surface area contributed by atoms with Crippen LogP contribution in [-0.4, -0.2) is 30.8 Å². The quantitative estimate of drug-likeness (QED) is 0.388. The summed E-state index contributed by atoms with van der Waals surface area (Å²) in [5, 5.41) is 19.2. The van der Waals surface area contributed by atoms with Gasteiger partial charge in [-0.25, -0.2) is 0 Å². The van der Waals surface area contributed by atoms with Crippen molar-refractivity contribution in [3.8, 4) is 0 Å². The lowest BCUT2D eigenvalue weighted by Gasteiger charge is -1.93. The molecule has 0 spiro atoms. The summed E-state index contributed by atoms with van der Waals surface area (Å²) < 4.78 is 0. The van der Waals surface area contributed by atoms with Gasteiger partial charge in [-0.2, -0.15) is 0 Å². The lowest BCUT2D eigenvalue weighted by molar-refractivity contribution is 0.404. The topological polar surface area (TPSA) is 52.5 Å². The van der Waals surface area contributed by atoms with E-state index >= 15 is 0 Å². The van der Waals surface area contributed by atoms with Crippen molar-refractivity contribution in [2.24, 2.45) is 0 Å². The maximum absolute atomic E-state index is 8.20. The Hall–Kier alpha value is -0.0551. The molecule has 0 radical (unpaired) electrons. The van der Waals surface area contributed by atoms with Crippen LogP contribution in [0.5, 0.6) is 0 Å². The van der Waals surface area contributed by atoms with Gasteiger partial charge in [0, 0.05) is 0 Å². The van der Waals surface area contributed by atoms with Gasteiger partial charge in [-0.3, -0.25) is 0 Å². The van der Waals surface area contributed by atoms with Crippen LogP contribution in [0.2, 0.25) is 6.32 Å². The first-order valence-electron chi connectivity index (χ1n) is 2.28. The third-order valence-electron chi connectivity index (χ3n) is 0.653. The number of rotatable bonds is 3. The Balaban J connectivity index is 2.68. The molecule has 0 aliphatic heterocycles. The second-order valence-electron chi connectivity index (χ2n) is 1.37. The third-order valence-corrected chi connectivity index (χ3v) is 0.653. The van der Waals surface area contributed by atoms with Crippen LogP contribution >= 0.6 is 0 Å². The molecular weight excluding hydrogens is 92.8 g/mol. The SMILES string of the molecule is CNCCB(O)O. The van der Waals surface area contributed by atoms with Crippen LogP contribution in [0.1, 0.15) is 0 Å². The van der Waals surface area contributed by atoms with E-state index in [9.17, 15) is 0 Å². The molecule has 0 atom stereocenters. The maximum atomic E-state index is 8.20. The van der Waals surface area contributed by atoms with Gasteiger partial charge in [0.25, 0.3) is 0 Å². The molecule has 0 rings (SSSR count). The normalized spacial score (nSPS) is 9.00. The zero-order chi connectivity index (χ0) is 5.70. The minimum Gasteiger partial charge on any atom is -0.427 e. The van der Waals surface area contributed by atoms with Gasteiger partial charge in [0.05, 0.1) is 0 Å². The molecule has 0 aliphatic carbocycles. The fourth-order valence-electron chi connectivity index (χ4n) is 0.273. The Labute approximate surface area is 43.5 Å². The third kappa shape index (κ3) is 5.94. The molecule has 42 valence electrons. The van der Waals surface area contributed by atoms with E-state index in [4.69, 9.17) is 10.0 Å². The largest absolute Gasteiger partial charge is 0.452 e. The predicted octanol–water partition coefficient (Wildman–Crippen LogP) is -1.32.